The van der Waals surface area contributed by atoms with Crippen LogP contribution in [0.3, 0.4) is 0 Å². The predicted octanol–water partition coefficient (Wildman–Crippen LogP) is 35.7. The van der Waals surface area contributed by atoms with Crippen molar-refractivity contribution in [2.24, 2.45) is 125 Å². The Balaban J connectivity index is 0.000000263. The van der Waals surface area contributed by atoms with E-state index in [2.05, 4.69) is 262 Å². The fourth-order valence-electron chi connectivity index (χ4n) is 20.0. The Hall–Kier alpha value is -1.95. The Morgan fingerprint density at radius 1 is 0.292 bits per heavy atom. The zero-order chi connectivity index (χ0) is 86.3. The van der Waals surface area contributed by atoms with Gasteiger partial charge in [-0.1, -0.05) is 322 Å². The largest absolute Gasteiger partial charge is 0.381 e. The van der Waals surface area contributed by atoms with Crippen molar-refractivity contribution < 1.29 is 26.7 Å². The fraction of sp³-hybridized carbons (Fsp3) is 0.888. The van der Waals surface area contributed by atoms with Crippen molar-refractivity contribution in [3.63, 3.8) is 0 Å². The molecule has 2 aromatic rings. The summed E-state index contributed by atoms with van der Waals surface area (Å²) >= 11 is 0. The molecule has 660 valence electrons. The molecule has 4 unspecified atom stereocenters. The zero-order valence-electron chi connectivity index (χ0n) is 81.5. The van der Waals surface area contributed by atoms with Gasteiger partial charge in [-0.05, 0) is 295 Å². The van der Waals surface area contributed by atoms with Gasteiger partial charge in [0.25, 0.3) is 0 Å². The standard InChI is InChI=1S/2C13H18.C10H18F2.C10H18.C10H20.C9H16F2.C9H17F.C9H18O.C9H18.C8H16.C7H14/c1-13(2,3)12-9-8-10-6-4-5-7-11(10)12;1-12(2,3)13(9-10-13)11-7-5-4-6-8-11;1-9(2,3)8-4-6-10(11,12)7-5-8;1-10(2,3)9-5-7-4-8(7)6-9;1-10(2,3)9-7-5-4-6-8-9;1-8(2,3)7-4-5-9(10,11)6-7;1-8(2,3)7-5-9(4,10)6-7;1-9(2,3)8-4-6-10-7-5-8;1-9(2,3)8-6-4-5-7-8;1-8(2,3)7-5-4-6-7;1-7(2,3)6-4-5-6/h4-7,12H,8-9H2,1-3H3;4-8H,9-10H2,1-3H3;8H,4-7H2,1-3H3;7-9H,4-6H2,1-3H3;9H,4-8H2,1-3H3;7H,4-6H2,1-3H3;7H,5-6H2,1-4H3;8H,4-7H2,1-3H3;8H,4-7H2,1-3H3;7H,4-6H2,1-3H3;6H,4-5H2,1-3H3. The number of halogens is 5. The number of benzene rings is 2. The molecule has 0 N–H and O–H groups in total. The van der Waals surface area contributed by atoms with Gasteiger partial charge in [0.05, 0.1) is 0 Å². The van der Waals surface area contributed by atoms with Crippen LogP contribution in [0.1, 0.15) is 457 Å². The van der Waals surface area contributed by atoms with E-state index in [1.165, 1.54) is 147 Å². The molecule has 0 spiro atoms. The molecule has 1 nitrogen and oxygen atoms in total. The molecule has 1 saturated heterocycles. The summed E-state index contributed by atoms with van der Waals surface area (Å²) in [6.07, 6.45) is 37.1. The third-order valence-electron chi connectivity index (χ3n) is 30.3. The normalized spacial score (nSPS) is 27.1. The van der Waals surface area contributed by atoms with E-state index >= 15 is 0 Å². The predicted molar refractivity (Wildman–Crippen MR) is 487 cm³/mol. The third-order valence-corrected chi connectivity index (χ3v) is 30.3. The molecule has 11 aliphatic carbocycles. The molecule has 12 aliphatic rings. The highest BCUT2D eigenvalue weighted by atomic mass is 19.3. The summed E-state index contributed by atoms with van der Waals surface area (Å²) < 4.78 is 69.3. The summed E-state index contributed by atoms with van der Waals surface area (Å²) in [4.78, 5) is 0. The van der Waals surface area contributed by atoms with Crippen molar-refractivity contribution in [3.8, 4) is 0 Å². The Labute approximate surface area is 701 Å². The number of hydrogen-bond acceptors (Lipinski definition) is 1. The third kappa shape index (κ3) is 37.5. The first-order valence-electron chi connectivity index (χ1n) is 47.3. The maximum absolute atomic E-state index is 13.0. The summed E-state index contributed by atoms with van der Waals surface area (Å²) in [7, 11) is 0. The second-order valence-corrected chi connectivity index (χ2v) is 51.1. The molecule has 1 aliphatic heterocycles. The highest BCUT2D eigenvalue weighted by Gasteiger charge is 2.53. The molecule has 0 amide bonds. The Morgan fingerprint density at radius 3 is 0.903 bits per heavy atom. The number of fused-ring (bicyclic) bond motifs is 2. The maximum atomic E-state index is 13.0. The molecule has 14 rings (SSSR count). The summed E-state index contributed by atoms with van der Waals surface area (Å²) in [5.41, 5.74) is 9.17. The molecule has 0 radical (unpaired) electrons. The minimum Gasteiger partial charge on any atom is -0.381 e. The van der Waals surface area contributed by atoms with Crippen LogP contribution in [0.5, 0.6) is 0 Å². The summed E-state index contributed by atoms with van der Waals surface area (Å²) in [6.45, 7) is 79.2. The molecule has 11 fully saturated rings. The van der Waals surface area contributed by atoms with Crippen molar-refractivity contribution >= 4 is 0 Å². The molecule has 113 heavy (non-hydrogen) atoms. The highest BCUT2D eigenvalue weighted by Crippen LogP contribution is 2.61. The van der Waals surface area contributed by atoms with Gasteiger partial charge in [0.1, 0.15) is 5.67 Å². The van der Waals surface area contributed by atoms with E-state index in [1.54, 1.807) is 24.5 Å². The number of ether oxygens (including phenoxy) is 1. The van der Waals surface area contributed by atoms with Crippen LogP contribution in [0.15, 0.2) is 54.6 Å². The van der Waals surface area contributed by atoms with Crippen LogP contribution in [-0.4, -0.2) is 30.7 Å². The van der Waals surface area contributed by atoms with Crippen LogP contribution in [-0.2, 0) is 16.6 Å². The molecule has 0 aromatic heterocycles. The monoisotopic (exact) mass is 1590 g/mol. The lowest BCUT2D eigenvalue weighted by molar-refractivity contribution is -0.0583. The van der Waals surface area contributed by atoms with E-state index in [0.29, 0.717) is 85.2 Å². The van der Waals surface area contributed by atoms with Crippen molar-refractivity contribution in [1.82, 2.24) is 0 Å². The molecule has 1 heterocycles. The second kappa shape index (κ2) is 41.7. The van der Waals surface area contributed by atoms with Gasteiger partial charge in [-0.3, -0.25) is 0 Å². The van der Waals surface area contributed by atoms with E-state index in [9.17, 15) is 22.0 Å². The molecule has 6 heteroatoms. The van der Waals surface area contributed by atoms with Gasteiger partial charge in [-0.2, -0.15) is 0 Å². The minimum atomic E-state index is -2.38. The lowest BCUT2D eigenvalue weighted by Crippen LogP contribution is -2.43. The van der Waals surface area contributed by atoms with Gasteiger partial charge in [0.15, 0.2) is 0 Å². The summed E-state index contributed by atoms with van der Waals surface area (Å²) in [5, 5.41) is 0. The first kappa shape index (κ1) is 103. The summed E-state index contributed by atoms with van der Waals surface area (Å²) in [6, 6.07) is 19.9. The van der Waals surface area contributed by atoms with Gasteiger partial charge in [-0.25, -0.2) is 22.0 Å². The zero-order valence-corrected chi connectivity index (χ0v) is 81.5. The first-order valence-corrected chi connectivity index (χ1v) is 47.3. The van der Waals surface area contributed by atoms with Gasteiger partial charge in [-0.15, -0.1) is 0 Å². The van der Waals surface area contributed by atoms with Crippen LogP contribution < -0.4 is 0 Å². The van der Waals surface area contributed by atoms with Gasteiger partial charge >= 0.3 is 0 Å². The fourth-order valence-corrected chi connectivity index (χ4v) is 20.0. The van der Waals surface area contributed by atoms with E-state index in [0.717, 1.165) is 79.3 Å². The Morgan fingerprint density at radius 2 is 0.628 bits per heavy atom. The van der Waals surface area contributed by atoms with E-state index in [-0.39, 0.29) is 42.4 Å². The van der Waals surface area contributed by atoms with Crippen LogP contribution >= 0.6 is 0 Å². The lowest BCUT2D eigenvalue weighted by atomic mass is 9.62. The topological polar surface area (TPSA) is 9.23 Å². The van der Waals surface area contributed by atoms with Crippen molar-refractivity contribution in [1.29, 1.82) is 0 Å². The van der Waals surface area contributed by atoms with Crippen LogP contribution in [0, 0.1) is 125 Å². The molecular formula is C107H191F5O. The Kier molecular flexibility index (Phi) is 38.2. The minimum absolute atomic E-state index is 0.0555. The van der Waals surface area contributed by atoms with Crippen molar-refractivity contribution in [2.45, 2.75) is 470 Å². The lowest BCUT2D eigenvalue weighted by Gasteiger charge is -2.46. The average Bonchev–Trinajstić information content (AvgIpc) is 1.58. The van der Waals surface area contributed by atoms with E-state index in [1.807, 2.05) is 20.8 Å². The molecule has 2 aromatic carbocycles. The number of alkyl halides is 5. The van der Waals surface area contributed by atoms with Gasteiger partial charge < -0.3 is 4.74 Å². The summed E-state index contributed by atoms with van der Waals surface area (Å²) in [5.74, 6) is 5.63. The molecule has 0 bridgehead atoms. The first-order chi connectivity index (χ1) is 51.2. The van der Waals surface area contributed by atoms with Gasteiger partial charge in [0.2, 0.25) is 11.8 Å². The van der Waals surface area contributed by atoms with E-state index in [4.69, 9.17) is 4.74 Å². The van der Waals surface area contributed by atoms with Crippen molar-refractivity contribution in [3.05, 3.63) is 71.3 Å². The van der Waals surface area contributed by atoms with Gasteiger partial charge in [0, 0.05) is 44.3 Å². The molecule has 10 saturated carbocycles. The number of rotatable bonds is 1. The van der Waals surface area contributed by atoms with Crippen LogP contribution in [0.2, 0.25) is 0 Å². The Bertz CT molecular complexity index is 2860. The smallest absolute Gasteiger partial charge is 0.248 e. The van der Waals surface area contributed by atoms with Crippen LogP contribution in [0.25, 0.3) is 0 Å². The highest BCUT2D eigenvalue weighted by molar-refractivity contribution is 5.36. The quantitative estimate of drug-likeness (QED) is 0.259. The number of hydrogen-bond donors (Lipinski definition) is 0. The molecule has 4 atom stereocenters. The van der Waals surface area contributed by atoms with Crippen molar-refractivity contribution in [2.75, 3.05) is 13.2 Å². The molecular weight excluding hydrogens is 1400 g/mol. The number of aryl methyl sites for hydroxylation is 1. The maximum Gasteiger partial charge on any atom is 0.248 e. The average molecular weight is 1590 g/mol. The SMILES string of the molecule is CC(C)(C)C1(c2ccccc2)CC1.CC(C)(C)C1CC1.CC(C)(C)C1CC2CC2C1.CC(C)(C)C1CCC(F)(F)C1.CC(C)(C)C1CCC(F)(F)CC1.CC(C)(C)C1CCC1.CC(C)(C)C1CCCC1.CC(C)(C)C1CCCCC1.CC(C)(C)C1CCOCC1.CC(C)(C)C1CCc2ccccc21.CC1(F)CC(C(C)(C)C)C1. The van der Waals surface area contributed by atoms with E-state index < -0.39 is 17.5 Å². The van der Waals surface area contributed by atoms with Crippen LogP contribution in [0.4, 0.5) is 22.0 Å². The second-order valence-electron chi connectivity index (χ2n) is 51.1.